The quantitative estimate of drug-likeness (QED) is 0.656. The van der Waals surface area contributed by atoms with E-state index in [4.69, 9.17) is 5.11 Å². The zero-order valence-corrected chi connectivity index (χ0v) is 13.1. The van der Waals surface area contributed by atoms with E-state index < -0.39 is 16.5 Å². The van der Waals surface area contributed by atoms with Crippen molar-refractivity contribution in [3.63, 3.8) is 0 Å². The fourth-order valence-corrected chi connectivity index (χ4v) is 3.10. The first-order valence-corrected chi connectivity index (χ1v) is 7.27. The Hall–Kier alpha value is -2.00. The Balaban J connectivity index is 2.46. The third kappa shape index (κ3) is 3.19. The monoisotopic (exact) mass is 372 g/mol. The van der Waals surface area contributed by atoms with Crippen LogP contribution in [-0.4, -0.2) is 20.6 Å². The van der Waals surface area contributed by atoms with Crippen molar-refractivity contribution in [3.8, 4) is 0 Å². The number of carbonyl (C=O) groups is 1. The molecule has 0 aliphatic rings. The lowest BCUT2D eigenvalue weighted by molar-refractivity contribution is -0.385. The molecular formula is C12H9BrN2O5S. The predicted octanol–water partition coefficient (Wildman–Crippen LogP) is 2.64. The van der Waals surface area contributed by atoms with Crippen LogP contribution >= 0.6 is 27.3 Å². The largest absolute Gasteiger partial charge is 0.477 e. The molecule has 110 valence electrons. The van der Waals surface area contributed by atoms with Gasteiger partial charge in [0.2, 0.25) is 0 Å². The molecule has 2 heterocycles. The fourth-order valence-electron chi connectivity index (χ4n) is 1.77. The van der Waals surface area contributed by atoms with Crippen LogP contribution in [0, 0.1) is 17.0 Å². The van der Waals surface area contributed by atoms with E-state index in [9.17, 15) is 19.7 Å². The highest BCUT2D eigenvalue weighted by Crippen LogP contribution is 2.23. The molecule has 0 bridgehead atoms. The maximum absolute atomic E-state index is 12.0. The lowest BCUT2D eigenvalue weighted by Crippen LogP contribution is -2.21. The SMILES string of the molecule is Cc1sc(C(=O)O)cc1Cn1cc([N+](=O)[O-])cc(Br)c1=O. The zero-order chi connectivity index (χ0) is 15.7. The number of hydrogen-bond acceptors (Lipinski definition) is 5. The maximum atomic E-state index is 12.0. The Bertz CT molecular complexity index is 795. The van der Waals surface area contributed by atoms with Gasteiger partial charge in [-0.1, -0.05) is 0 Å². The van der Waals surface area contributed by atoms with E-state index in [1.165, 1.54) is 10.6 Å². The van der Waals surface area contributed by atoms with Crippen LogP contribution in [0.15, 0.2) is 27.6 Å². The van der Waals surface area contributed by atoms with E-state index in [1.807, 2.05) is 0 Å². The van der Waals surface area contributed by atoms with Crippen molar-refractivity contribution in [2.45, 2.75) is 13.5 Å². The zero-order valence-electron chi connectivity index (χ0n) is 10.7. The number of thiophene rings is 1. The van der Waals surface area contributed by atoms with Crippen LogP contribution in [0.3, 0.4) is 0 Å². The van der Waals surface area contributed by atoms with Gasteiger partial charge >= 0.3 is 5.97 Å². The van der Waals surface area contributed by atoms with Gasteiger partial charge in [0.15, 0.2) is 0 Å². The van der Waals surface area contributed by atoms with Gasteiger partial charge < -0.3 is 9.67 Å². The van der Waals surface area contributed by atoms with Crippen molar-refractivity contribution in [3.05, 3.63) is 58.6 Å². The molecule has 2 aromatic heterocycles. The average molecular weight is 373 g/mol. The summed E-state index contributed by atoms with van der Waals surface area (Å²) in [6.45, 7) is 1.82. The molecule has 0 saturated carbocycles. The molecule has 21 heavy (non-hydrogen) atoms. The summed E-state index contributed by atoms with van der Waals surface area (Å²) in [7, 11) is 0. The van der Waals surface area contributed by atoms with Crippen molar-refractivity contribution >= 4 is 38.9 Å². The molecule has 0 radical (unpaired) electrons. The minimum Gasteiger partial charge on any atom is -0.477 e. The number of carboxylic acids is 1. The summed E-state index contributed by atoms with van der Waals surface area (Å²) in [5, 5.41) is 19.8. The number of pyridine rings is 1. The van der Waals surface area contributed by atoms with Gasteiger partial charge in [-0.2, -0.15) is 0 Å². The number of carboxylic acid groups (broad SMARTS) is 1. The second-order valence-electron chi connectivity index (χ2n) is 4.23. The van der Waals surface area contributed by atoms with Crippen molar-refractivity contribution < 1.29 is 14.8 Å². The summed E-state index contributed by atoms with van der Waals surface area (Å²) in [6.07, 6.45) is 1.14. The molecule has 0 saturated heterocycles. The van der Waals surface area contributed by atoms with Crippen LogP contribution in [0.25, 0.3) is 0 Å². The summed E-state index contributed by atoms with van der Waals surface area (Å²) in [5.41, 5.74) is 0.0165. The van der Waals surface area contributed by atoms with Crippen molar-refractivity contribution in [1.29, 1.82) is 0 Å². The Morgan fingerprint density at radius 2 is 2.19 bits per heavy atom. The van der Waals surface area contributed by atoms with Crippen LogP contribution < -0.4 is 5.56 Å². The van der Waals surface area contributed by atoms with E-state index in [0.29, 0.717) is 5.56 Å². The van der Waals surface area contributed by atoms with Crippen LogP contribution in [0.2, 0.25) is 0 Å². The van der Waals surface area contributed by atoms with Gasteiger partial charge in [0.1, 0.15) is 4.88 Å². The highest BCUT2D eigenvalue weighted by atomic mass is 79.9. The molecule has 2 rings (SSSR count). The maximum Gasteiger partial charge on any atom is 0.345 e. The third-order valence-electron chi connectivity index (χ3n) is 2.81. The van der Waals surface area contributed by atoms with Gasteiger partial charge in [-0.15, -0.1) is 11.3 Å². The van der Waals surface area contributed by atoms with Crippen LogP contribution in [0.4, 0.5) is 5.69 Å². The Labute approximate surface area is 130 Å². The number of aryl methyl sites for hydroxylation is 1. The Morgan fingerprint density at radius 1 is 1.52 bits per heavy atom. The molecule has 0 spiro atoms. The molecule has 0 atom stereocenters. The van der Waals surface area contributed by atoms with E-state index >= 15 is 0 Å². The first-order chi connectivity index (χ1) is 9.79. The molecule has 9 heteroatoms. The summed E-state index contributed by atoms with van der Waals surface area (Å²) in [6, 6.07) is 2.61. The second kappa shape index (κ2) is 5.78. The van der Waals surface area contributed by atoms with Gasteiger partial charge in [-0.3, -0.25) is 14.9 Å². The van der Waals surface area contributed by atoms with E-state index in [2.05, 4.69) is 15.9 Å². The van der Waals surface area contributed by atoms with Crippen molar-refractivity contribution in [1.82, 2.24) is 4.57 Å². The van der Waals surface area contributed by atoms with Crippen molar-refractivity contribution in [2.75, 3.05) is 0 Å². The summed E-state index contributed by atoms with van der Waals surface area (Å²) in [4.78, 5) is 34.1. The molecule has 0 aromatic carbocycles. The van der Waals surface area contributed by atoms with Crippen molar-refractivity contribution in [2.24, 2.45) is 0 Å². The minimum absolute atomic E-state index is 0.0781. The first-order valence-electron chi connectivity index (χ1n) is 5.66. The molecular weight excluding hydrogens is 364 g/mol. The highest BCUT2D eigenvalue weighted by molar-refractivity contribution is 9.10. The number of nitrogens with zero attached hydrogens (tertiary/aromatic N) is 2. The number of halogens is 1. The highest BCUT2D eigenvalue weighted by Gasteiger charge is 2.15. The lowest BCUT2D eigenvalue weighted by atomic mass is 10.2. The molecule has 1 N–H and O–H groups in total. The van der Waals surface area contributed by atoms with Gasteiger partial charge in [0, 0.05) is 10.9 Å². The molecule has 0 unspecified atom stereocenters. The Morgan fingerprint density at radius 3 is 2.71 bits per heavy atom. The fraction of sp³-hybridized carbons (Fsp3) is 0.167. The predicted molar refractivity (Wildman–Crippen MR) is 80.2 cm³/mol. The molecule has 0 fully saturated rings. The number of rotatable bonds is 4. The standard InChI is InChI=1S/C12H9BrN2O5S/c1-6-7(2-10(21-6)12(17)18)4-14-5-8(15(19)20)3-9(13)11(14)16/h2-3,5H,4H2,1H3,(H,17,18). The molecule has 2 aromatic rings. The summed E-state index contributed by atoms with van der Waals surface area (Å²) in [5.74, 6) is -1.04. The number of aromatic carboxylic acids is 1. The van der Waals surface area contributed by atoms with Crippen LogP contribution in [0.1, 0.15) is 20.1 Å². The molecule has 7 nitrogen and oxygen atoms in total. The van der Waals surface area contributed by atoms with Gasteiger partial charge in [-0.25, -0.2) is 4.79 Å². The summed E-state index contributed by atoms with van der Waals surface area (Å²) >= 11 is 4.10. The third-order valence-corrected chi connectivity index (χ3v) is 4.46. The van der Waals surface area contributed by atoms with Gasteiger partial charge in [0.05, 0.1) is 22.1 Å². The number of nitro groups is 1. The molecule has 0 aliphatic heterocycles. The smallest absolute Gasteiger partial charge is 0.345 e. The minimum atomic E-state index is -1.04. The number of hydrogen-bond donors (Lipinski definition) is 1. The lowest BCUT2D eigenvalue weighted by Gasteiger charge is -2.06. The van der Waals surface area contributed by atoms with E-state index in [1.54, 1.807) is 6.92 Å². The first kappa shape index (κ1) is 15.4. The van der Waals surface area contributed by atoms with E-state index in [-0.39, 0.29) is 21.6 Å². The number of aromatic nitrogens is 1. The topological polar surface area (TPSA) is 102 Å². The van der Waals surface area contributed by atoms with Gasteiger partial charge in [-0.05, 0) is 34.5 Å². The normalized spacial score (nSPS) is 10.6. The molecule has 0 aliphatic carbocycles. The molecule has 0 amide bonds. The second-order valence-corrected chi connectivity index (χ2v) is 6.34. The van der Waals surface area contributed by atoms with Gasteiger partial charge in [0.25, 0.3) is 11.2 Å². The summed E-state index contributed by atoms with van der Waals surface area (Å²) < 4.78 is 1.27. The Kier molecular flexibility index (Phi) is 4.24. The average Bonchev–Trinajstić information content (AvgIpc) is 2.76. The van der Waals surface area contributed by atoms with Crippen LogP contribution in [-0.2, 0) is 6.54 Å². The van der Waals surface area contributed by atoms with E-state index in [0.717, 1.165) is 28.5 Å². The van der Waals surface area contributed by atoms with Crippen LogP contribution in [0.5, 0.6) is 0 Å².